The van der Waals surface area contributed by atoms with E-state index in [2.05, 4.69) is 5.32 Å². The van der Waals surface area contributed by atoms with Crippen LogP contribution in [-0.2, 0) is 23.9 Å². The van der Waals surface area contributed by atoms with Crippen molar-refractivity contribution in [3.63, 3.8) is 0 Å². The van der Waals surface area contributed by atoms with Gasteiger partial charge in [0.1, 0.15) is 12.3 Å². The summed E-state index contributed by atoms with van der Waals surface area (Å²) < 4.78 is 5.34. The molecule has 7 nitrogen and oxygen atoms in total. The molecule has 0 aromatic rings. The highest BCUT2D eigenvalue weighted by atomic mass is 16.5. The molecule has 7 heteroatoms. The quantitative estimate of drug-likeness (QED) is 0.518. The predicted octanol–water partition coefficient (Wildman–Crippen LogP) is 1.55. The molecular weight excluding hydrogens is 336 g/mol. The van der Waals surface area contributed by atoms with E-state index < -0.39 is 5.91 Å². The Bertz CT molecular complexity index is 557. The number of hydrogen-bond donors (Lipinski definition) is 1. The van der Waals surface area contributed by atoms with Crippen molar-refractivity contribution >= 4 is 23.5 Å². The Morgan fingerprint density at radius 3 is 2.23 bits per heavy atom. The van der Waals surface area contributed by atoms with Crippen molar-refractivity contribution in [1.29, 1.82) is 0 Å². The van der Waals surface area contributed by atoms with Gasteiger partial charge in [0.15, 0.2) is 0 Å². The maximum atomic E-state index is 12.3. The number of nitrogens with zero attached hydrogens (tertiary/aromatic N) is 1. The van der Waals surface area contributed by atoms with Crippen LogP contribution in [0.25, 0.3) is 0 Å². The van der Waals surface area contributed by atoms with E-state index in [1.165, 1.54) is 0 Å². The van der Waals surface area contributed by atoms with Crippen molar-refractivity contribution < 1.29 is 23.9 Å². The molecule has 0 spiro atoms. The summed E-state index contributed by atoms with van der Waals surface area (Å²) in [5, 5.41) is 2.63. The minimum absolute atomic E-state index is 0.126. The lowest BCUT2D eigenvalue weighted by atomic mass is 9.80. The van der Waals surface area contributed by atoms with E-state index in [0.717, 1.165) is 4.90 Å². The van der Waals surface area contributed by atoms with E-state index in [9.17, 15) is 19.2 Å². The molecular formula is C19H32N2O5. The van der Waals surface area contributed by atoms with Crippen molar-refractivity contribution in [2.75, 3.05) is 26.3 Å². The van der Waals surface area contributed by atoms with Crippen LogP contribution in [0, 0.1) is 16.7 Å². The highest BCUT2D eigenvalue weighted by Crippen LogP contribution is 2.35. The smallest absolute Gasteiger partial charge is 0.240 e. The van der Waals surface area contributed by atoms with Gasteiger partial charge in [0.05, 0.1) is 19.1 Å². The lowest BCUT2D eigenvalue weighted by Gasteiger charge is -2.24. The number of nitrogens with one attached hydrogen (secondary N) is 1. The van der Waals surface area contributed by atoms with E-state index in [0.29, 0.717) is 13.0 Å². The zero-order chi connectivity index (χ0) is 20.1. The van der Waals surface area contributed by atoms with Crippen LogP contribution in [-0.4, -0.2) is 54.7 Å². The van der Waals surface area contributed by atoms with E-state index in [4.69, 9.17) is 4.74 Å². The Labute approximate surface area is 155 Å². The first-order valence-corrected chi connectivity index (χ1v) is 9.06. The molecule has 0 bridgehead atoms. The summed E-state index contributed by atoms with van der Waals surface area (Å²) in [5.74, 6) is -1.24. The van der Waals surface area contributed by atoms with Gasteiger partial charge in [-0.25, -0.2) is 0 Å². The fourth-order valence-electron chi connectivity index (χ4n) is 2.63. The molecule has 26 heavy (non-hydrogen) atoms. The van der Waals surface area contributed by atoms with Gasteiger partial charge in [0.25, 0.3) is 0 Å². The monoisotopic (exact) mass is 368 g/mol. The first-order valence-electron chi connectivity index (χ1n) is 9.06. The van der Waals surface area contributed by atoms with Gasteiger partial charge in [-0.1, -0.05) is 41.5 Å². The fraction of sp³-hybridized carbons (Fsp3) is 0.789. The van der Waals surface area contributed by atoms with E-state index in [-0.39, 0.29) is 60.5 Å². The Hall–Kier alpha value is -1.76. The highest BCUT2D eigenvalue weighted by molar-refractivity contribution is 6.06. The summed E-state index contributed by atoms with van der Waals surface area (Å²) in [4.78, 5) is 49.1. The zero-order valence-corrected chi connectivity index (χ0v) is 16.8. The van der Waals surface area contributed by atoms with Crippen molar-refractivity contribution in [3.05, 3.63) is 0 Å². The summed E-state index contributed by atoms with van der Waals surface area (Å²) in [6, 6.07) is 0. The van der Waals surface area contributed by atoms with Gasteiger partial charge in [-0.3, -0.25) is 24.1 Å². The number of likely N-dealkylation sites (tertiary alicyclic amines) is 1. The Morgan fingerprint density at radius 1 is 1.12 bits per heavy atom. The molecule has 1 aliphatic rings. The van der Waals surface area contributed by atoms with Crippen LogP contribution in [0.15, 0.2) is 0 Å². The van der Waals surface area contributed by atoms with Crippen LogP contribution in [0.4, 0.5) is 0 Å². The minimum Gasteiger partial charge on any atom is -0.379 e. The van der Waals surface area contributed by atoms with E-state index in [1.54, 1.807) is 0 Å². The molecule has 1 saturated heterocycles. The van der Waals surface area contributed by atoms with Crippen LogP contribution in [0.2, 0.25) is 0 Å². The molecule has 0 aromatic heterocycles. The molecule has 1 heterocycles. The topological polar surface area (TPSA) is 92.8 Å². The third kappa shape index (κ3) is 6.52. The fourth-order valence-corrected chi connectivity index (χ4v) is 2.63. The Kier molecular flexibility index (Phi) is 7.50. The van der Waals surface area contributed by atoms with Crippen LogP contribution in [0.1, 0.15) is 54.4 Å². The second kappa shape index (κ2) is 8.75. The average molecular weight is 368 g/mol. The summed E-state index contributed by atoms with van der Waals surface area (Å²) in [6.07, 6.45) is 0.489. The molecule has 1 N–H and O–H groups in total. The molecule has 3 amide bonds. The van der Waals surface area contributed by atoms with Gasteiger partial charge in [-0.2, -0.15) is 0 Å². The molecule has 1 fully saturated rings. The number of carbonyl (C=O) groups excluding carboxylic acids is 4. The number of imide groups is 1. The van der Waals surface area contributed by atoms with Crippen molar-refractivity contribution in [3.8, 4) is 0 Å². The lowest BCUT2D eigenvalue weighted by Crippen LogP contribution is -2.42. The zero-order valence-electron chi connectivity index (χ0n) is 16.8. The maximum absolute atomic E-state index is 12.3. The summed E-state index contributed by atoms with van der Waals surface area (Å²) in [5.41, 5.74) is -0.687. The predicted molar refractivity (Wildman–Crippen MR) is 97.2 cm³/mol. The van der Waals surface area contributed by atoms with Gasteiger partial charge in [-0.05, 0) is 5.41 Å². The molecule has 1 unspecified atom stereocenters. The molecule has 1 rings (SSSR count). The Balaban J connectivity index is 2.28. The molecule has 1 atom stereocenters. The van der Waals surface area contributed by atoms with E-state index >= 15 is 0 Å². The van der Waals surface area contributed by atoms with E-state index in [1.807, 2.05) is 41.5 Å². The number of carbonyl (C=O) groups is 4. The van der Waals surface area contributed by atoms with Gasteiger partial charge in [0, 0.05) is 24.8 Å². The van der Waals surface area contributed by atoms with Gasteiger partial charge >= 0.3 is 0 Å². The highest BCUT2D eigenvalue weighted by Gasteiger charge is 2.44. The third-order valence-corrected chi connectivity index (χ3v) is 4.47. The number of hydrogen-bond acceptors (Lipinski definition) is 5. The van der Waals surface area contributed by atoms with Gasteiger partial charge in [0.2, 0.25) is 17.7 Å². The molecule has 0 radical (unpaired) electrons. The van der Waals surface area contributed by atoms with Crippen LogP contribution in [0.5, 0.6) is 0 Å². The Morgan fingerprint density at radius 2 is 1.73 bits per heavy atom. The summed E-state index contributed by atoms with van der Waals surface area (Å²) >= 11 is 0. The SMILES string of the molecule is CC(C)(C)C(=O)CCOCCNC(=O)CN1C(=O)CC(C(C)(C)C)C1=O. The standard InChI is InChI=1S/C19H32N2O5/c1-18(2,3)13-11-16(24)21(17(13)25)12-15(23)20-8-10-26-9-7-14(22)19(4,5)6/h13H,7-12H2,1-6H3,(H,20,23). The van der Waals surface area contributed by atoms with Crippen molar-refractivity contribution in [2.45, 2.75) is 54.4 Å². The number of Topliss-reactive ketones (excluding diaryl/α,β-unsaturated/α-hetero) is 1. The largest absolute Gasteiger partial charge is 0.379 e. The first-order chi connectivity index (χ1) is 11.8. The summed E-state index contributed by atoms with van der Waals surface area (Å²) in [6.45, 7) is 11.9. The summed E-state index contributed by atoms with van der Waals surface area (Å²) in [7, 11) is 0. The van der Waals surface area contributed by atoms with Crippen LogP contribution < -0.4 is 5.32 Å². The first kappa shape index (κ1) is 22.3. The third-order valence-electron chi connectivity index (χ3n) is 4.47. The number of ketones is 1. The number of ether oxygens (including phenoxy) is 1. The average Bonchev–Trinajstić information content (AvgIpc) is 2.77. The number of rotatable bonds is 8. The minimum atomic E-state index is -0.393. The van der Waals surface area contributed by atoms with Gasteiger partial charge < -0.3 is 10.1 Å². The van der Waals surface area contributed by atoms with Crippen molar-refractivity contribution in [1.82, 2.24) is 10.2 Å². The normalized spacial score (nSPS) is 18.4. The molecule has 0 aliphatic carbocycles. The molecule has 1 aliphatic heterocycles. The second-order valence-electron chi connectivity index (χ2n) is 8.83. The second-order valence-corrected chi connectivity index (χ2v) is 8.83. The van der Waals surface area contributed by atoms with Gasteiger partial charge in [-0.15, -0.1) is 0 Å². The number of amides is 3. The molecule has 148 valence electrons. The maximum Gasteiger partial charge on any atom is 0.240 e. The molecule has 0 aromatic carbocycles. The van der Waals surface area contributed by atoms with Crippen LogP contribution >= 0.6 is 0 Å². The van der Waals surface area contributed by atoms with Crippen LogP contribution in [0.3, 0.4) is 0 Å². The lowest BCUT2D eigenvalue weighted by molar-refractivity contribution is -0.144. The molecule has 0 saturated carbocycles. The van der Waals surface area contributed by atoms with Crippen molar-refractivity contribution in [2.24, 2.45) is 16.7 Å².